The predicted octanol–water partition coefficient (Wildman–Crippen LogP) is 6.20. The van der Waals surface area contributed by atoms with Crippen molar-refractivity contribution in [2.45, 2.75) is 118 Å². The van der Waals surface area contributed by atoms with Crippen molar-refractivity contribution in [2.24, 2.45) is 58.2 Å². The summed E-state index contributed by atoms with van der Waals surface area (Å²) in [5.41, 5.74) is 0.0799. The molecule has 2 N–H and O–H groups in total. The highest BCUT2D eigenvalue weighted by Gasteiger charge is 2.63. The monoisotopic (exact) mass is 464 g/mol. The van der Waals surface area contributed by atoms with Crippen molar-refractivity contribution in [1.29, 1.82) is 0 Å². The van der Waals surface area contributed by atoms with Gasteiger partial charge in [0.15, 0.2) is 0 Å². The molecule has 0 aromatic carbocycles. The molecule has 0 aromatic rings. The molecule has 4 aliphatic carbocycles. The first-order chi connectivity index (χ1) is 15.5. The molecule has 190 valence electrons. The van der Waals surface area contributed by atoms with E-state index in [-0.39, 0.29) is 28.6 Å². The molecule has 0 spiro atoms. The number of Topliss-reactive ketones (excluding diaryl/α,β-unsaturated/α-hetero) is 1. The molecule has 0 radical (unpaired) electrons. The van der Waals surface area contributed by atoms with Gasteiger partial charge in [-0.25, -0.2) is 4.39 Å². The first-order valence-electron chi connectivity index (χ1n) is 14.0. The number of alkyl halides is 1. The largest absolute Gasteiger partial charge is 0.390 e. The number of rotatable bonds is 6. The molecular formula is C29H49FO3. The van der Waals surface area contributed by atoms with Crippen LogP contribution in [0.4, 0.5) is 4.39 Å². The van der Waals surface area contributed by atoms with E-state index in [9.17, 15) is 19.4 Å². The number of aliphatic hydroxyl groups is 2. The summed E-state index contributed by atoms with van der Waals surface area (Å²) >= 11 is 0. The molecule has 0 aromatic heterocycles. The van der Waals surface area contributed by atoms with Crippen molar-refractivity contribution < 1.29 is 19.4 Å². The number of halogens is 1. The molecule has 3 nitrogen and oxygen atoms in total. The number of hydrogen-bond donors (Lipinski definition) is 2. The number of carbonyl (C=O) groups excluding carboxylic acids is 1. The highest BCUT2D eigenvalue weighted by atomic mass is 19.1. The number of fused-ring (bicyclic) bond motifs is 5. The zero-order valence-corrected chi connectivity index (χ0v) is 21.9. The summed E-state index contributed by atoms with van der Waals surface area (Å²) in [4.78, 5) is 13.3. The Morgan fingerprint density at radius 1 is 0.970 bits per heavy atom. The SMILES string of the molecule is CC[C@@H](C(C)C)[C@@H](O)[C@H](O)[C@@H](C)[C@H]1CCC2C3CC(=O)C4C[C@@H](F)CC[C@]4(C)C3CC[C@@]21C. The van der Waals surface area contributed by atoms with Crippen LogP contribution in [0.1, 0.15) is 99.3 Å². The first kappa shape index (κ1) is 25.6. The third kappa shape index (κ3) is 4.03. The van der Waals surface area contributed by atoms with Crippen LogP contribution in [-0.2, 0) is 4.79 Å². The minimum atomic E-state index is -0.806. The van der Waals surface area contributed by atoms with Gasteiger partial charge in [-0.1, -0.05) is 48.0 Å². The van der Waals surface area contributed by atoms with Gasteiger partial charge in [0.1, 0.15) is 12.0 Å². The molecule has 4 rings (SSSR count). The lowest BCUT2D eigenvalue weighted by Crippen LogP contribution is -2.57. The smallest absolute Gasteiger partial charge is 0.136 e. The molecular weight excluding hydrogens is 415 g/mol. The van der Waals surface area contributed by atoms with Crippen LogP contribution in [0, 0.1) is 58.2 Å². The van der Waals surface area contributed by atoms with Crippen LogP contribution in [0.3, 0.4) is 0 Å². The summed E-state index contributed by atoms with van der Waals surface area (Å²) in [6.45, 7) is 13.2. The lowest BCUT2D eigenvalue weighted by Gasteiger charge is -2.60. The van der Waals surface area contributed by atoms with E-state index in [4.69, 9.17) is 0 Å². The van der Waals surface area contributed by atoms with Gasteiger partial charge in [-0.2, -0.15) is 0 Å². The first-order valence-corrected chi connectivity index (χ1v) is 14.0. The second-order valence-corrected chi connectivity index (χ2v) is 13.4. The third-order valence-electron chi connectivity index (χ3n) is 11.8. The molecule has 4 fully saturated rings. The summed E-state index contributed by atoms with van der Waals surface area (Å²) in [6, 6.07) is 0. The molecule has 33 heavy (non-hydrogen) atoms. The van der Waals surface area contributed by atoms with Crippen LogP contribution < -0.4 is 0 Å². The van der Waals surface area contributed by atoms with E-state index in [0.717, 1.165) is 38.5 Å². The van der Waals surface area contributed by atoms with Gasteiger partial charge in [0.05, 0.1) is 12.2 Å². The maximum Gasteiger partial charge on any atom is 0.136 e. The fourth-order valence-corrected chi connectivity index (χ4v) is 9.81. The zero-order chi connectivity index (χ0) is 24.3. The van der Waals surface area contributed by atoms with Gasteiger partial charge in [-0.15, -0.1) is 0 Å². The fourth-order valence-electron chi connectivity index (χ4n) is 9.81. The molecule has 4 unspecified atom stereocenters. The lowest BCUT2D eigenvalue weighted by molar-refractivity contribution is -0.159. The van der Waals surface area contributed by atoms with Gasteiger partial charge in [-0.3, -0.25) is 4.79 Å². The van der Waals surface area contributed by atoms with Crippen LogP contribution in [0.15, 0.2) is 0 Å². The van der Waals surface area contributed by atoms with Crippen LogP contribution in [0.5, 0.6) is 0 Å². The molecule has 0 bridgehead atoms. The van der Waals surface area contributed by atoms with Crippen LogP contribution in [-0.4, -0.2) is 34.4 Å². The van der Waals surface area contributed by atoms with Gasteiger partial charge in [0.2, 0.25) is 0 Å². The maximum atomic E-state index is 14.2. The second-order valence-electron chi connectivity index (χ2n) is 13.4. The summed E-state index contributed by atoms with van der Waals surface area (Å²) in [6.07, 6.45) is 5.68. The number of hydrogen-bond acceptors (Lipinski definition) is 3. The van der Waals surface area contributed by atoms with E-state index in [1.165, 1.54) is 0 Å². The Bertz CT molecular complexity index is 724. The number of aliphatic hydroxyl groups excluding tert-OH is 2. The average Bonchev–Trinajstić information content (AvgIpc) is 3.11. The third-order valence-corrected chi connectivity index (χ3v) is 11.8. The minimum absolute atomic E-state index is 0.0328. The fraction of sp³-hybridized carbons (Fsp3) is 0.966. The van der Waals surface area contributed by atoms with Gasteiger partial charge < -0.3 is 10.2 Å². The summed E-state index contributed by atoms with van der Waals surface area (Å²) in [5, 5.41) is 22.3. The Kier molecular flexibility index (Phi) is 7.13. The molecule has 0 heterocycles. The van der Waals surface area contributed by atoms with Gasteiger partial charge in [-0.05, 0) is 97.2 Å². The van der Waals surface area contributed by atoms with E-state index in [1.807, 2.05) is 0 Å². The summed E-state index contributed by atoms with van der Waals surface area (Å²) in [5.74, 6) is 2.56. The quantitative estimate of drug-likeness (QED) is 0.492. The molecule has 0 saturated heterocycles. The second kappa shape index (κ2) is 9.19. The summed E-state index contributed by atoms with van der Waals surface area (Å²) in [7, 11) is 0. The van der Waals surface area contributed by atoms with Crippen molar-refractivity contribution in [3.05, 3.63) is 0 Å². The van der Waals surface area contributed by atoms with Crippen molar-refractivity contribution in [3.8, 4) is 0 Å². The highest BCUT2D eigenvalue weighted by molar-refractivity contribution is 5.83. The Labute approximate surface area is 201 Å². The van der Waals surface area contributed by atoms with Gasteiger partial charge in [0, 0.05) is 12.3 Å². The van der Waals surface area contributed by atoms with E-state index in [1.54, 1.807) is 0 Å². The standard InChI is InChI=1S/C29H49FO3/c1-7-19(16(2)3)27(33)26(32)17(4)21-8-9-22-20-15-25(31)24-14-18(30)10-12-29(24,6)23(20)11-13-28(21,22)5/h16-24,26-27,32-33H,7-15H2,1-6H3/t17-,18-,19-,20?,21+,22?,23?,24?,26+,27+,28+,29+/m0/s1. The normalized spacial score (nSPS) is 46.8. The molecule has 0 aliphatic heterocycles. The molecule has 4 saturated carbocycles. The number of carbonyl (C=O) groups is 1. The zero-order valence-electron chi connectivity index (χ0n) is 21.9. The van der Waals surface area contributed by atoms with E-state index < -0.39 is 18.4 Å². The molecule has 4 aliphatic rings. The topological polar surface area (TPSA) is 57.5 Å². The molecule has 4 heteroatoms. The van der Waals surface area contributed by atoms with Crippen LogP contribution in [0.2, 0.25) is 0 Å². The molecule has 0 amide bonds. The Balaban J connectivity index is 1.54. The average molecular weight is 465 g/mol. The molecule has 12 atom stereocenters. The Hall–Kier alpha value is -0.480. The van der Waals surface area contributed by atoms with Crippen molar-refractivity contribution in [1.82, 2.24) is 0 Å². The van der Waals surface area contributed by atoms with E-state index in [0.29, 0.717) is 54.6 Å². The maximum absolute atomic E-state index is 14.2. The van der Waals surface area contributed by atoms with E-state index in [2.05, 4.69) is 41.5 Å². The summed E-state index contributed by atoms with van der Waals surface area (Å²) < 4.78 is 14.2. The van der Waals surface area contributed by atoms with Crippen molar-refractivity contribution >= 4 is 5.78 Å². The van der Waals surface area contributed by atoms with Crippen LogP contribution >= 0.6 is 0 Å². The van der Waals surface area contributed by atoms with E-state index >= 15 is 0 Å². The highest BCUT2D eigenvalue weighted by Crippen LogP contribution is 2.68. The van der Waals surface area contributed by atoms with Crippen LogP contribution in [0.25, 0.3) is 0 Å². The number of ketones is 1. The Morgan fingerprint density at radius 3 is 2.24 bits per heavy atom. The van der Waals surface area contributed by atoms with Gasteiger partial charge in [0.25, 0.3) is 0 Å². The Morgan fingerprint density at radius 2 is 1.61 bits per heavy atom. The van der Waals surface area contributed by atoms with Crippen molar-refractivity contribution in [2.75, 3.05) is 0 Å². The lowest BCUT2D eigenvalue weighted by atomic mass is 9.44. The van der Waals surface area contributed by atoms with Crippen molar-refractivity contribution in [3.63, 3.8) is 0 Å². The minimum Gasteiger partial charge on any atom is -0.390 e. The predicted molar refractivity (Wildman–Crippen MR) is 130 cm³/mol. The van der Waals surface area contributed by atoms with Gasteiger partial charge >= 0.3 is 0 Å².